The number of nitrogens with zero attached hydrogens (tertiary/aromatic N) is 1. The first-order valence-corrected chi connectivity index (χ1v) is 5.36. The molecular formula is C8H7BrN2OS. The Labute approximate surface area is 87.7 Å². The van der Waals surface area contributed by atoms with Crippen LogP contribution in [0.1, 0.15) is 5.89 Å². The van der Waals surface area contributed by atoms with E-state index in [0.29, 0.717) is 12.4 Å². The first-order chi connectivity index (χ1) is 6.29. The highest BCUT2D eigenvalue weighted by Crippen LogP contribution is 2.29. The van der Waals surface area contributed by atoms with Crippen LogP contribution in [0.5, 0.6) is 0 Å². The minimum absolute atomic E-state index is 0.339. The molecule has 0 saturated heterocycles. The van der Waals surface area contributed by atoms with Crippen LogP contribution in [0, 0.1) is 0 Å². The van der Waals surface area contributed by atoms with Gasteiger partial charge in [-0.05, 0) is 22.0 Å². The fourth-order valence-electron chi connectivity index (χ4n) is 0.977. The fraction of sp³-hybridized carbons (Fsp3) is 0.125. The van der Waals surface area contributed by atoms with Crippen molar-refractivity contribution in [1.29, 1.82) is 0 Å². The van der Waals surface area contributed by atoms with Crippen LogP contribution in [0.4, 0.5) is 0 Å². The lowest BCUT2D eigenvalue weighted by Gasteiger charge is -1.87. The van der Waals surface area contributed by atoms with E-state index in [1.807, 2.05) is 11.4 Å². The minimum Gasteiger partial charge on any atom is -0.439 e. The zero-order valence-electron chi connectivity index (χ0n) is 6.66. The van der Waals surface area contributed by atoms with E-state index in [1.165, 1.54) is 0 Å². The molecule has 2 aromatic heterocycles. The topological polar surface area (TPSA) is 52.0 Å². The van der Waals surface area contributed by atoms with Crippen LogP contribution in [0.3, 0.4) is 0 Å². The third kappa shape index (κ3) is 1.82. The first-order valence-electron chi connectivity index (χ1n) is 3.69. The van der Waals surface area contributed by atoms with E-state index in [-0.39, 0.29) is 0 Å². The predicted octanol–water partition coefficient (Wildman–Crippen LogP) is 2.62. The van der Waals surface area contributed by atoms with E-state index in [4.69, 9.17) is 10.2 Å². The Bertz CT molecular complexity index is 410. The number of nitrogens with two attached hydrogens (primary N) is 1. The van der Waals surface area contributed by atoms with E-state index in [0.717, 1.165) is 15.1 Å². The lowest BCUT2D eigenvalue weighted by Crippen LogP contribution is -1.94. The molecule has 13 heavy (non-hydrogen) atoms. The van der Waals surface area contributed by atoms with Gasteiger partial charge in [-0.3, -0.25) is 0 Å². The molecule has 2 heterocycles. The molecule has 0 atom stereocenters. The highest BCUT2D eigenvalue weighted by atomic mass is 79.9. The van der Waals surface area contributed by atoms with Gasteiger partial charge < -0.3 is 10.2 Å². The van der Waals surface area contributed by atoms with E-state index in [9.17, 15) is 0 Å². The van der Waals surface area contributed by atoms with Gasteiger partial charge in [0.2, 0.25) is 5.89 Å². The second-order valence-electron chi connectivity index (χ2n) is 2.46. The van der Waals surface area contributed by atoms with Gasteiger partial charge in [0, 0.05) is 10.9 Å². The number of thiophene rings is 1. The van der Waals surface area contributed by atoms with Crippen molar-refractivity contribution >= 4 is 27.3 Å². The maximum absolute atomic E-state index is 5.38. The number of oxazole rings is 1. The molecule has 0 saturated carbocycles. The molecule has 3 nitrogen and oxygen atoms in total. The lowest BCUT2D eigenvalue weighted by atomic mass is 10.3. The Balaban J connectivity index is 2.35. The van der Waals surface area contributed by atoms with Crippen LogP contribution in [-0.2, 0) is 6.54 Å². The average Bonchev–Trinajstić information content (AvgIpc) is 2.71. The Morgan fingerprint density at radius 2 is 2.46 bits per heavy atom. The third-order valence-corrected chi connectivity index (χ3v) is 3.08. The molecule has 0 aliphatic carbocycles. The number of halogens is 1. The van der Waals surface area contributed by atoms with Crippen molar-refractivity contribution in [2.75, 3.05) is 0 Å². The van der Waals surface area contributed by atoms with Gasteiger partial charge in [0.1, 0.15) is 0 Å². The summed E-state index contributed by atoms with van der Waals surface area (Å²) in [4.78, 5) is 4.02. The van der Waals surface area contributed by atoms with Gasteiger partial charge in [-0.15, -0.1) is 11.3 Å². The summed E-state index contributed by atoms with van der Waals surface area (Å²) in [6, 6.07) is 1.99. The number of rotatable bonds is 2. The molecule has 0 unspecified atom stereocenters. The van der Waals surface area contributed by atoms with Crippen LogP contribution in [0.25, 0.3) is 11.3 Å². The molecule has 0 aliphatic heterocycles. The van der Waals surface area contributed by atoms with Gasteiger partial charge >= 0.3 is 0 Å². The molecule has 68 valence electrons. The van der Waals surface area contributed by atoms with Crippen LogP contribution < -0.4 is 5.73 Å². The Morgan fingerprint density at radius 1 is 1.62 bits per heavy atom. The average molecular weight is 259 g/mol. The molecule has 0 radical (unpaired) electrons. The SMILES string of the molecule is NCc1ncc(-c2csc(Br)c2)o1. The van der Waals surface area contributed by atoms with Crippen molar-refractivity contribution in [3.8, 4) is 11.3 Å². The van der Waals surface area contributed by atoms with Crippen molar-refractivity contribution in [3.05, 3.63) is 27.3 Å². The van der Waals surface area contributed by atoms with Crippen LogP contribution in [0.15, 0.2) is 25.8 Å². The van der Waals surface area contributed by atoms with Gasteiger partial charge in [-0.1, -0.05) is 0 Å². The summed E-state index contributed by atoms with van der Waals surface area (Å²) in [7, 11) is 0. The van der Waals surface area contributed by atoms with Gasteiger partial charge in [0.15, 0.2) is 5.76 Å². The molecule has 2 rings (SSSR count). The molecule has 2 N–H and O–H groups in total. The third-order valence-electron chi connectivity index (χ3n) is 1.58. The predicted molar refractivity (Wildman–Crippen MR) is 55.4 cm³/mol. The smallest absolute Gasteiger partial charge is 0.208 e. The molecule has 0 aromatic carbocycles. The number of aromatic nitrogens is 1. The highest BCUT2D eigenvalue weighted by molar-refractivity contribution is 9.11. The van der Waals surface area contributed by atoms with Crippen LogP contribution in [-0.4, -0.2) is 4.98 Å². The zero-order chi connectivity index (χ0) is 9.26. The molecule has 2 aromatic rings. The highest BCUT2D eigenvalue weighted by Gasteiger charge is 2.06. The Kier molecular flexibility index (Phi) is 2.48. The summed E-state index contributed by atoms with van der Waals surface area (Å²) in [6.07, 6.45) is 1.69. The quantitative estimate of drug-likeness (QED) is 0.901. The second-order valence-corrected chi connectivity index (χ2v) is 4.75. The number of hydrogen-bond donors (Lipinski definition) is 1. The van der Waals surface area contributed by atoms with Crippen molar-refractivity contribution in [3.63, 3.8) is 0 Å². The molecule has 5 heteroatoms. The molecular weight excluding hydrogens is 252 g/mol. The fourth-order valence-corrected chi connectivity index (χ4v) is 2.12. The lowest BCUT2D eigenvalue weighted by molar-refractivity contribution is 0.510. The summed E-state index contributed by atoms with van der Waals surface area (Å²) in [5, 5.41) is 2.00. The second kappa shape index (κ2) is 3.61. The van der Waals surface area contributed by atoms with Gasteiger partial charge in [0.25, 0.3) is 0 Å². The van der Waals surface area contributed by atoms with Gasteiger partial charge in [-0.2, -0.15) is 0 Å². The first kappa shape index (κ1) is 8.93. The van der Waals surface area contributed by atoms with Crippen LogP contribution >= 0.6 is 27.3 Å². The minimum atomic E-state index is 0.339. The largest absolute Gasteiger partial charge is 0.439 e. The van der Waals surface area contributed by atoms with E-state index in [1.54, 1.807) is 17.5 Å². The van der Waals surface area contributed by atoms with E-state index >= 15 is 0 Å². The molecule has 0 aliphatic rings. The Morgan fingerprint density at radius 3 is 3.00 bits per heavy atom. The van der Waals surface area contributed by atoms with Crippen molar-refractivity contribution in [1.82, 2.24) is 4.98 Å². The Hall–Kier alpha value is -0.650. The monoisotopic (exact) mass is 258 g/mol. The maximum Gasteiger partial charge on any atom is 0.208 e. The number of hydrogen-bond acceptors (Lipinski definition) is 4. The molecule has 0 fully saturated rings. The van der Waals surface area contributed by atoms with Crippen molar-refractivity contribution < 1.29 is 4.42 Å². The van der Waals surface area contributed by atoms with Crippen molar-refractivity contribution in [2.24, 2.45) is 5.73 Å². The molecule has 0 amide bonds. The molecule has 0 bridgehead atoms. The van der Waals surface area contributed by atoms with Crippen LogP contribution in [0.2, 0.25) is 0 Å². The summed E-state index contributed by atoms with van der Waals surface area (Å²) in [5.41, 5.74) is 6.42. The summed E-state index contributed by atoms with van der Waals surface area (Å²) < 4.78 is 6.46. The van der Waals surface area contributed by atoms with E-state index in [2.05, 4.69) is 20.9 Å². The summed E-state index contributed by atoms with van der Waals surface area (Å²) in [6.45, 7) is 0.339. The summed E-state index contributed by atoms with van der Waals surface area (Å²) >= 11 is 5.00. The standard InChI is InChI=1S/C8H7BrN2OS/c9-7-1-5(4-13-7)6-3-11-8(2-10)12-6/h1,3-4H,2,10H2. The maximum atomic E-state index is 5.38. The normalized spacial score (nSPS) is 10.6. The summed E-state index contributed by atoms with van der Waals surface area (Å²) in [5.74, 6) is 1.33. The zero-order valence-corrected chi connectivity index (χ0v) is 9.06. The van der Waals surface area contributed by atoms with E-state index < -0.39 is 0 Å². The van der Waals surface area contributed by atoms with Gasteiger partial charge in [0.05, 0.1) is 16.5 Å². The van der Waals surface area contributed by atoms with Gasteiger partial charge in [-0.25, -0.2) is 4.98 Å². The molecule has 0 spiro atoms. The van der Waals surface area contributed by atoms with Crippen molar-refractivity contribution in [2.45, 2.75) is 6.54 Å².